The predicted octanol–water partition coefficient (Wildman–Crippen LogP) is 0.378. The van der Waals surface area contributed by atoms with E-state index in [-0.39, 0.29) is 0 Å². The highest BCUT2D eigenvalue weighted by atomic mass is 15.6. The Bertz CT molecular complexity index is 431. The standard InChI is InChI=1S/C10H13N5/c1-15-13-10(12-14-15)9-4-2-8(3-5-9)6-7-11/h2-5H,6-7,11H2,1H3. The third kappa shape index (κ3) is 2.19. The number of hydrogen-bond donors (Lipinski definition) is 1. The van der Waals surface area contributed by atoms with Gasteiger partial charge in [0.15, 0.2) is 0 Å². The van der Waals surface area contributed by atoms with Crippen LogP contribution in [0.2, 0.25) is 0 Å². The van der Waals surface area contributed by atoms with E-state index in [0.717, 1.165) is 12.0 Å². The Morgan fingerprint density at radius 2 is 2.00 bits per heavy atom. The second-order valence-corrected chi connectivity index (χ2v) is 3.34. The Morgan fingerprint density at radius 1 is 1.27 bits per heavy atom. The Morgan fingerprint density at radius 3 is 2.53 bits per heavy atom. The zero-order valence-electron chi connectivity index (χ0n) is 8.59. The summed E-state index contributed by atoms with van der Waals surface area (Å²) in [6.07, 6.45) is 0.897. The second-order valence-electron chi connectivity index (χ2n) is 3.34. The second kappa shape index (κ2) is 4.18. The van der Waals surface area contributed by atoms with Gasteiger partial charge in [0, 0.05) is 5.56 Å². The summed E-state index contributed by atoms with van der Waals surface area (Å²) in [5.41, 5.74) is 7.68. The van der Waals surface area contributed by atoms with Crippen LogP contribution >= 0.6 is 0 Å². The molecule has 0 fully saturated rings. The number of nitrogens with two attached hydrogens (primary N) is 1. The predicted molar refractivity (Wildman–Crippen MR) is 57.0 cm³/mol. The molecule has 0 atom stereocenters. The third-order valence-corrected chi connectivity index (χ3v) is 2.15. The Hall–Kier alpha value is -1.75. The molecule has 1 aromatic heterocycles. The van der Waals surface area contributed by atoms with E-state index in [1.807, 2.05) is 24.3 Å². The normalized spacial score (nSPS) is 10.5. The number of rotatable bonds is 3. The van der Waals surface area contributed by atoms with Crippen molar-refractivity contribution >= 4 is 0 Å². The molecule has 0 bridgehead atoms. The van der Waals surface area contributed by atoms with Crippen LogP contribution in [-0.4, -0.2) is 26.8 Å². The van der Waals surface area contributed by atoms with Crippen LogP contribution in [0.4, 0.5) is 0 Å². The van der Waals surface area contributed by atoms with E-state index in [2.05, 4.69) is 15.4 Å². The van der Waals surface area contributed by atoms with Crippen molar-refractivity contribution < 1.29 is 0 Å². The molecule has 15 heavy (non-hydrogen) atoms. The summed E-state index contributed by atoms with van der Waals surface area (Å²) >= 11 is 0. The topological polar surface area (TPSA) is 69.6 Å². The first-order valence-corrected chi connectivity index (χ1v) is 4.83. The minimum Gasteiger partial charge on any atom is -0.330 e. The van der Waals surface area contributed by atoms with Crippen LogP contribution in [0.1, 0.15) is 5.56 Å². The maximum Gasteiger partial charge on any atom is 0.204 e. The lowest BCUT2D eigenvalue weighted by atomic mass is 10.1. The van der Waals surface area contributed by atoms with Crippen molar-refractivity contribution in [2.75, 3.05) is 6.54 Å². The van der Waals surface area contributed by atoms with Crippen molar-refractivity contribution in [3.63, 3.8) is 0 Å². The highest BCUT2D eigenvalue weighted by molar-refractivity contribution is 5.54. The summed E-state index contributed by atoms with van der Waals surface area (Å²) in [6.45, 7) is 0.669. The average molecular weight is 203 g/mol. The van der Waals surface area contributed by atoms with Gasteiger partial charge in [0.1, 0.15) is 0 Å². The number of tetrazole rings is 1. The number of aryl methyl sites for hydroxylation is 1. The van der Waals surface area contributed by atoms with Crippen LogP contribution in [0.5, 0.6) is 0 Å². The molecule has 78 valence electrons. The van der Waals surface area contributed by atoms with Crippen molar-refractivity contribution in [2.45, 2.75) is 6.42 Å². The van der Waals surface area contributed by atoms with Crippen molar-refractivity contribution in [1.29, 1.82) is 0 Å². The molecule has 0 unspecified atom stereocenters. The fourth-order valence-electron chi connectivity index (χ4n) is 1.39. The fourth-order valence-corrected chi connectivity index (χ4v) is 1.39. The van der Waals surface area contributed by atoms with Gasteiger partial charge in [0.2, 0.25) is 5.82 Å². The van der Waals surface area contributed by atoms with Gasteiger partial charge in [-0.05, 0) is 23.7 Å². The first kappa shape index (κ1) is 9.79. The lowest BCUT2D eigenvalue weighted by Crippen LogP contribution is -2.02. The van der Waals surface area contributed by atoms with Gasteiger partial charge < -0.3 is 5.73 Å². The lowest BCUT2D eigenvalue weighted by Gasteiger charge is -1.99. The molecular formula is C10H13N5. The summed E-state index contributed by atoms with van der Waals surface area (Å²) in [7, 11) is 1.75. The van der Waals surface area contributed by atoms with Crippen LogP contribution in [0, 0.1) is 0 Å². The van der Waals surface area contributed by atoms with Crippen molar-refractivity contribution in [3.8, 4) is 11.4 Å². The van der Waals surface area contributed by atoms with Gasteiger partial charge in [-0.3, -0.25) is 0 Å². The minimum absolute atomic E-state index is 0.650. The van der Waals surface area contributed by atoms with Crippen LogP contribution in [0.25, 0.3) is 11.4 Å². The van der Waals surface area contributed by atoms with Crippen molar-refractivity contribution in [1.82, 2.24) is 20.2 Å². The van der Waals surface area contributed by atoms with Crippen LogP contribution < -0.4 is 5.73 Å². The Kier molecular flexibility index (Phi) is 2.73. The SMILES string of the molecule is Cn1nnc(-c2ccc(CCN)cc2)n1. The maximum absolute atomic E-state index is 5.48. The van der Waals surface area contributed by atoms with Gasteiger partial charge in [0.25, 0.3) is 0 Å². The van der Waals surface area contributed by atoms with Crippen molar-refractivity contribution in [3.05, 3.63) is 29.8 Å². The summed E-state index contributed by atoms with van der Waals surface area (Å²) in [5.74, 6) is 0.650. The molecule has 0 spiro atoms. The molecule has 0 saturated heterocycles. The zero-order chi connectivity index (χ0) is 10.7. The molecule has 2 N–H and O–H groups in total. The first-order valence-electron chi connectivity index (χ1n) is 4.83. The van der Waals surface area contributed by atoms with E-state index in [1.54, 1.807) is 7.05 Å². The minimum atomic E-state index is 0.650. The zero-order valence-corrected chi connectivity index (χ0v) is 8.59. The molecule has 5 nitrogen and oxygen atoms in total. The molecule has 1 aromatic carbocycles. The molecule has 2 aromatic rings. The molecule has 0 aliphatic carbocycles. The monoisotopic (exact) mass is 203 g/mol. The number of hydrogen-bond acceptors (Lipinski definition) is 4. The van der Waals surface area contributed by atoms with E-state index in [9.17, 15) is 0 Å². The van der Waals surface area contributed by atoms with Crippen LogP contribution in [0.3, 0.4) is 0 Å². The third-order valence-electron chi connectivity index (χ3n) is 2.15. The van der Waals surface area contributed by atoms with Crippen molar-refractivity contribution in [2.24, 2.45) is 12.8 Å². The number of nitrogens with zero attached hydrogens (tertiary/aromatic N) is 4. The van der Waals surface area contributed by atoms with Gasteiger partial charge in [-0.1, -0.05) is 24.3 Å². The van der Waals surface area contributed by atoms with Gasteiger partial charge in [-0.2, -0.15) is 4.80 Å². The largest absolute Gasteiger partial charge is 0.330 e. The van der Waals surface area contributed by atoms with Gasteiger partial charge in [-0.15, -0.1) is 10.2 Å². The highest BCUT2D eigenvalue weighted by Crippen LogP contribution is 2.14. The molecule has 0 aliphatic rings. The van der Waals surface area contributed by atoms with E-state index >= 15 is 0 Å². The van der Waals surface area contributed by atoms with Gasteiger partial charge in [0.05, 0.1) is 7.05 Å². The lowest BCUT2D eigenvalue weighted by molar-refractivity contribution is 0.630. The molecule has 0 aliphatic heterocycles. The van der Waals surface area contributed by atoms with E-state index in [4.69, 9.17) is 5.73 Å². The Balaban J connectivity index is 2.23. The molecule has 0 saturated carbocycles. The number of benzene rings is 1. The quantitative estimate of drug-likeness (QED) is 0.782. The molecule has 5 heteroatoms. The summed E-state index contributed by atoms with van der Waals surface area (Å²) < 4.78 is 0. The molecule has 2 rings (SSSR count). The molecule has 0 amide bonds. The van der Waals surface area contributed by atoms with E-state index in [0.29, 0.717) is 12.4 Å². The molecule has 0 radical (unpaired) electrons. The summed E-state index contributed by atoms with van der Waals surface area (Å²) in [5, 5.41) is 11.9. The van der Waals surface area contributed by atoms with Gasteiger partial charge in [-0.25, -0.2) is 0 Å². The molecule has 1 heterocycles. The molecular weight excluding hydrogens is 190 g/mol. The smallest absolute Gasteiger partial charge is 0.204 e. The first-order chi connectivity index (χ1) is 7.29. The Labute approximate surface area is 87.9 Å². The van der Waals surface area contributed by atoms with Crippen LogP contribution in [0.15, 0.2) is 24.3 Å². The number of aromatic nitrogens is 4. The van der Waals surface area contributed by atoms with E-state index < -0.39 is 0 Å². The van der Waals surface area contributed by atoms with Gasteiger partial charge >= 0.3 is 0 Å². The maximum atomic E-state index is 5.48. The fraction of sp³-hybridized carbons (Fsp3) is 0.300. The summed E-state index contributed by atoms with van der Waals surface area (Å²) in [4.78, 5) is 1.45. The van der Waals surface area contributed by atoms with Crippen LogP contribution in [-0.2, 0) is 13.5 Å². The highest BCUT2D eigenvalue weighted by Gasteiger charge is 2.03. The average Bonchev–Trinajstić information content (AvgIpc) is 2.67. The van der Waals surface area contributed by atoms with E-state index in [1.165, 1.54) is 10.4 Å². The summed E-state index contributed by atoms with van der Waals surface area (Å²) in [6, 6.07) is 8.06.